The van der Waals surface area contributed by atoms with Crippen molar-refractivity contribution in [2.75, 3.05) is 13.2 Å². The molecule has 5 rings (SSSR count). The predicted octanol–water partition coefficient (Wildman–Crippen LogP) is 6.27. The number of unbranched alkanes of at least 4 members (excludes halogenated alkanes) is 2. The van der Waals surface area contributed by atoms with E-state index < -0.39 is 0 Å². The molecule has 1 aromatic heterocycles. The van der Waals surface area contributed by atoms with E-state index in [4.69, 9.17) is 9.72 Å². The summed E-state index contributed by atoms with van der Waals surface area (Å²) in [5.74, 6) is 0.939. The molecule has 0 saturated carbocycles. The molecule has 0 atom stereocenters. The van der Waals surface area contributed by atoms with E-state index in [1.807, 2.05) is 0 Å². The SMILES string of the molecule is CCCCCOc1ccc(-c2nc3ccc4ccccc4c3c3c2CNCC3)cc1. The number of nitrogens with one attached hydrogen (secondary N) is 1. The lowest BCUT2D eigenvalue weighted by Gasteiger charge is -2.23. The molecule has 0 bridgehead atoms. The number of nitrogens with zero attached hydrogens (tertiary/aromatic N) is 1. The fraction of sp³-hybridized carbons (Fsp3) is 0.296. The second-order valence-electron chi connectivity index (χ2n) is 8.11. The number of fused-ring (bicyclic) bond motifs is 5. The van der Waals surface area contributed by atoms with Crippen molar-refractivity contribution in [1.29, 1.82) is 0 Å². The van der Waals surface area contributed by atoms with Gasteiger partial charge in [0.25, 0.3) is 0 Å². The van der Waals surface area contributed by atoms with Crippen LogP contribution in [0.25, 0.3) is 32.9 Å². The Morgan fingerprint density at radius 1 is 0.933 bits per heavy atom. The summed E-state index contributed by atoms with van der Waals surface area (Å²) in [7, 11) is 0. The van der Waals surface area contributed by atoms with E-state index in [1.165, 1.54) is 40.1 Å². The summed E-state index contributed by atoms with van der Waals surface area (Å²) in [5, 5.41) is 7.46. The molecule has 0 unspecified atom stereocenters. The first kappa shape index (κ1) is 19.1. The van der Waals surface area contributed by atoms with Crippen LogP contribution in [0, 0.1) is 0 Å². The molecule has 1 aliphatic rings. The van der Waals surface area contributed by atoms with Crippen LogP contribution in [0.15, 0.2) is 60.7 Å². The van der Waals surface area contributed by atoms with Gasteiger partial charge >= 0.3 is 0 Å². The highest BCUT2D eigenvalue weighted by Gasteiger charge is 2.20. The molecular weight excluding hydrogens is 368 g/mol. The van der Waals surface area contributed by atoms with Gasteiger partial charge in [-0.25, -0.2) is 4.98 Å². The second-order valence-corrected chi connectivity index (χ2v) is 8.11. The number of rotatable bonds is 6. The maximum absolute atomic E-state index is 5.90. The monoisotopic (exact) mass is 396 g/mol. The quantitative estimate of drug-likeness (QED) is 0.308. The second kappa shape index (κ2) is 8.45. The molecule has 30 heavy (non-hydrogen) atoms. The highest BCUT2D eigenvalue weighted by atomic mass is 16.5. The minimum atomic E-state index is 0.786. The summed E-state index contributed by atoms with van der Waals surface area (Å²) in [6, 6.07) is 21.5. The molecule has 3 nitrogen and oxygen atoms in total. The van der Waals surface area contributed by atoms with Crippen molar-refractivity contribution >= 4 is 21.7 Å². The Morgan fingerprint density at radius 3 is 2.67 bits per heavy atom. The molecule has 0 aliphatic carbocycles. The Balaban J connectivity index is 1.57. The highest BCUT2D eigenvalue weighted by Crippen LogP contribution is 2.36. The van der Waals surface area contributed by atoms with Gasteiger partial charge in [-0.05, 0) is 71.6 Å². The van der Waals surface area contributed by atoms with Crippen LogP contribution in [0.2, 0.25) is 0 Å². The fourth-order valence-corrected chi connectivity index (χ4v) is 4.54. The lowest BCUT2D eigenvalue weighted by Crippen LogP contribution is -2.25. The number of benzene rings is 3. The summed E-state index contributed by atoms with van der Waals surface area (Å²) in [6.45, 7) is 4.88. The number of hydrogen-bond acceptors (Lipinski definition) is 3. The zero-order valence-electron chi connectivity index (χ0n) is 17.6. The average Bonchev–Trinajstić information content (AvgIpc) is 2.81. The first-order valence-electron chi connectivity index (χ1n) is 11.1. The fourth-order valence-electron chi connectivity index (χ4n) is 4.54. The molecule has 152 valence electrons. The van der Waals surface area contributed by atoms with Crippen LogP contribution in [0.5, 0.6) is 5.75 Å². The van der Waals surface area contributed by atoms with Gasteiger partial charge in [-0.1, -0.05) is 50.1 Å². The van der Waals surface area contributed by atoms with Gasteiger partial charge in [0, 0.05) is 17.5 Å². The topological polar surface area (TPSA) is 34.1 Å². The largest absolute Gasteiger partial charge is 0.494 e. The van der Waals surface area contributed by atoms with Gasteiger partial charge in [0.2, 0.25) is 0 Å². The van der Waals surface area contributed by atoms with E-state index in [0.29, 0.717) is 0 Å². The Kier molecular flexibility index (Phi) is 5.37. The minimum Gasteiger partial charge on any atom is -0.494 e. The van der Waals surface area contributed by atoms with Crippen molar-refractivity contribution in [3.05, 3.63) is 71.8 Å². The van der Waals surface area contributed by atoms with Crippen LogP contribution < -0.4 is 10.1 Å². The molecule has 0 saturated heterocycles. The summed E-state index contributed by atoms with van der Waals surface area (Å²) in [5.41, 5.74) is 6.12. The van der Waals surface area contributed by atoms with Gasteiger partial charge in [0.15, 0.2) is 0 Å². The van der Waals surface area contributed by atoms with Crippen molar-refractivity contribution in [2.45, 2.75) is 39.2 Å². The maximum atomic E-state index is 5.90. The lowest BCUT2D eigenvalue weighted by atomic mass is 9.90. The van der Waals surface area contributed by atoms with Gasteiger partial charge in [0.1, 0.15) is 5.75 Å². The Bertz CT molecular complexity index is 1180. The van der Waals surface area contributed by atoms with E-state index in [9.17, 15) is 0 Å². The van der Waals surface area contributed by atoms with E-state index in [2.05, 4.69) is 72.9 Å². The van der Waals surface area contributed by atoms with Gasteiger partial charge < -0.3 is 10.1 Å². The Morgan fingerprint density at radius 2 is 1.80 bits per heavy atom. The molecule has 0 radical (unpaired) electrons. The van der Waals surface area contributed by atoms with Crippen LogP contribution >= 0.6 is 0 Å². The van der Waals surface area contributed by atoms with E-state index in [0.717, 1.165) is 55.1 Å². The van der Waals surface area contributed by atoms with Gasteiger partial charge in [-0.3, -0.25) is 0 Å². The number of ether oxygens (including phenoxy) is 1. The smallest absolute Gasteiger partial charge is 0.119 e. The highest BCUT2D eigenvalue weighted by molar-refractivity contribution is 6.09. The van der Waals surface area contributed by atoms with Crippen molar-refractivity contribution in [3.63, 3.8) is 0 Å². The molecule has 3 heteroatoms. The predicted molar refractivity (Wildman–Crippen MR) is 125 cm³/mol. The zero-order valence-corrected chi connectivity index (χ0v) is 17.6. The summed E-state index contributed by atoms with van der Waals surface area (Å²) in [4.78, 5) is 5.14. The third kappa shape index (κ3) is 3.54. The minimum absolute atomic E-state index is 0.786. The summed E-state index contributed by atoms with van der Waals surface area (Å²) in [6.07, 6.45) is 4.57. The van der Waals surface area contributed by atoms with E-state index >= 15 is 0 Å². The van der Waals surface area contributed by atoms with Crippen molar-refractivity contribution in [3.8, 4) is 17.0 Å². The normalized spacial score (nSPS) is 13.5. The van der Waals surface area contributed by atoms with Crippen molar-refractivity contribution < 1.29 is 4.74 Å². The van der Waals surface area contributed by atoms with Gasteiger partial charge in [0.05, 0.1) is 17.8 Å². The number of hydrogen-bond donors (Lipinski definition) is 1. The molecular formula is C27H28N2O. The Labute approximate surface area is 178 Å². The van der Waals surface area contributed by atoms with Gasteiger partial charge in [-0.15, -0.1) is 0 Å². The van der Waals surface area contributed by atoms with Crippen LogP contribution in [-0.4, -0.2) is 18.1 Å². The zero-order chi connectivity index (χ0) is 20.3. The van der Waals surface area contributed by atoms with Crippen LogP contribution in [-0.2, 0) is 13.0 Å². The molecule has 1 aliphatic heterocycles. The third-order valence-corrected chi connectivity index (χ3v) is 6.09. The first-order valence-corrected chi connectivity index (χ1v) is 11.1. The van der Waals surface area contributed by atoms with Crippen molar-refractivity contribution in [2.24, 2.45) is 0 Å². The molecule has 0 amide bonds. The standard InChI is InChI=1S/C27H28N2O/c1-2-3-6-17-30-21-12-9-20(10-13-21)27-24-18-28-16-15-23(24)26-22-8-5-4-7-19(22)11-14-25(26)29-27/h4-5,7-14,28H,2-3,6,15-18H2,1H3. The summed E-state index contributed by atoms with van der Waals surface area (Å²) < 4.78 is 5.90. The molecule has 1 N–H and O–H groups in total. The number of aromatic nitrogens is 1. The third-order valence-electron chi connectivity index (χ3n) is 6.09. The lowest BCUT2D eigenvalue weighted by molar-refractivity contribution is 0.306. The van der Waals surface area contributed by atoms with Crippen LogP contribution in [0.1, 0.15) is 37.3 Å². The van der Waals surface area contributed by atoms with E-state index in [-0.39, 0.29) is 0 Å². The molecule has 2 heterocycles. The summed E-state index contributed by atoms with van der Waals surface area (Å²) >= 11 is 0. The molecule has 0 spiro atoms. The molecule has 4 aromatic rings. The van der Waals surface area contributed by atoms with Crippen molar-refractivity contribution in [1.82, 2.24) is 10.3 Å². The molecule has 3 aromatic carbocycles. The number of pyridine rings is 1. The Hall–Kier alpha value is -2.91. The molecule has 0 fully saturated rings. The van der Waals surface area contributed by atoms with Crippen LogP contribution in [0.3, 0.4) is 0 Å². The van der Waals surface area contributed by atoms with Crippen LogP contribution in [0.4, 0.5) is 0 Å². The van der Waals surface area contributed by atoms with Gasteiger partial charge in [-0.2, -0.15) is 0 Å². The van der Waals surface area contributed by atoms with E-state index in [1.54, 1.807) is 0 Å². The maximum Gasteiger partial charge on any atom is 0.119 e. The first-order chi connectivity index (χ1) is 14.8. The average molecular weight is 397 g/mol.